The van der Waals surface area contributed by atoms with Gasteiger partial charge in [0, 0.05) is 5.56 Å². The number of hydrogen-bond acceptors (Lipinski definition) is 4. The maximum absolute atomic E-state index is 9.33. The van der Waals surface area contributed by atoms with E-state index >= 15 is 0 Å². The van der Waals surface area contributed by atoms with Crippen molar-refractivity contribution in [3.8, 4) is 22.9 Å². The molecule has 0 saturated heterocycles. The van der Waals surface area contributed by atoms with Crippen LogP contribution in [0.1, 0.15) is 58.3 Å². The van der Waals surface area contributed by atoms with E-state index in [0.29, 0.717) is 5.82 Å². The van der Waals surface area contributed by atoms with Crippen LogP contribution in [0.25, 0.3) is 22.2 Å². The minimum atomic E-state index is 0.0721. The molecule has 0 aliphatic carbocycles. The summed E-state index contributed by atoms with van der Waals surface area (Å²) < 4.78 is 5.93. The van der Waals surface area contributed by atoms with Crippen molar-refractivity contribution in [2.75, 3.05) is 6.61 Å². The minimum absolute atomic E-state index is 0.0721. The average Bonchev–Trinajstić information content (AvgIpc) is 2.72. The summed E-state index contributed by atoms with van der Waals surface area (Å²) in [6, 6.07) is 12.3. The number of benzene rings is 2. The van der Waals surface area contributed by atoms with Crippen molar-refractivity contribution in [1.29, 1.82) is 0 Å². The van der Waals surface area contributed by atoms with Crippen LogP contribution in [0.15, 0.2) is 48.8 Å². The first-order valence-electron chi connectivity index (χ1n) is 10.4. The molecule has 28 heavy (non-hydrogen) atoms. The van der Waals surface area contributed by atoms with E-state index in [-0.39, 0.29) is 5.75 Å². The average molecular weight is 379 g/mol. The molecule has 4 nitrogen and oxygen atoms in total. The van der Waals surface area contributed by atoms with Crippen LogP contribution in [0.2, 0.25) is 0 Å². The third-order valence-electron chi connectivity index (χ3n) is 4.97. The van der Waals surface area contributed by atoms with Crippen molar-refractivity contribution in [3.05, 3.63) is 48.8 Å². The number of ether oxygens (including phenoxy) is 1. The van der Waals surface area contributed by atoms with E-state index in [1.54, 1.807) is 0 Å². The van der Waals surface area contributed by atoms with E-state index in [1.807, 2.05) is 12.1 Å². The van der Waals surface area contributed by atoms with Gasteiger partial charge in [0.1, 0.15) is 5.75 Å². The number of aromatic nitrogens is 2. The van der Waals surface area contributed by atoms with Gasteiger partial charge in [-0.15, -0.1) is 0 Å². The van der Waals surface area contributed by atoms with E-state index in [9.17, 15) is 5.11 Å². The monoisotopic (exact) mass is 378 g/mol. The molecule has 3 rings (SSSR count). The second-order valence-corrected chi connectivity index (χ2v) is 7.31. The van der Waals surface area contributed by atoms with Crippen molar-refractivity contribution in [2.24, 2.45) is 0 Å². The number of rotatable bonds is 11. The van der Waals surface area contributed by atoms with Crippen LogP contribution in [0.3, 0.4) is 0 Å². The Bertz CT molecular complexity index is 862. The first kappa shape index (κ1) is 20.1. The predicted octanol–water partition coefficient (Wildman–Crippen LogP) is 6.52. The van der Waals surface area contributed by atoms with Gasteiger partial charge in [-0.3, -0.25) is 0 Å². The van der Waals surface area contributed by atoms with Gasteiger partial charge in [0.15, 0.2) is 11.6 Å². The molecule has 3 aromatic rings. The molecular weight excluding hydrogens is 348 g/mol. The van der Waals surface area contributed by atoms with Crippen LogP contribution in [-0.2, 0) is 0 Å². The number of nitrogens with zero attached hydrogens (tertiary/aromatic N) is 2. The first-order valence-corrected chi connectivity index (χ1v) is 10.4. The normalized spacial score (nSPS) is 11.0. The summed E-state index contributed by atoms with van der Waals surface area (Å²) >= 11 is 0. The molecule has 0 bridgehead atoms. The van der Waals surface area contributed by atoms with Gasteiger partial charge < -0.3 is 9.84 Å². The van der Waals surface area contributed by atoms with Crippen LogP contribution in [0.5, 0.6) is 11.5 Å². The summed E-state index contributed by atoms with van der Waals surface area (Å²) in [6.07, 6.45) is 13.3. The molecule has 1 aromatic heterocycles. The third kappa shape index (κ3) is 5.95. The number of fused-ring (bicyclic) bond motifs is 1. The number of unbranched alkanes of at least 4 members (excludes halogenated alkanes) is 7. The molecule has 0 unspecified atom stereocenters. The summed E-state index contributed by atoms with van der Waals surface area (Å²) in [6.45, 7) is 3.03. The lowest BCUT2D eigenvalue weighted by Gasteiger charge is -2.08. The van der Waals surface area contributed by atoms with Gasteiger partial charge in [0.25, 0.3) is 0 Å². The fourth-order valence-corrected chi connectivity index (χ4v) is 3.35. The fourth-order valence-electron chi connectivity index (χ4n) is 3.35. The zero-order valence-corrected chi connectivity index (χ0v) is 16.7. The molecular formula is C24H30N2O2. The van der Waals surface area contributed by atoms with Gasteiger partial charge in [-0.1, -0.05) is 70.1 Å². The number of hydrogen-bond donors (Lipinski definition) is 1. The van der Waals surface area contributed by atoms with E-state index in [0.717, 1.165) is 35.1 Å². The Morgan fingerprint density at radius 3 is 2.18 bits per heavy atom. The fraction of sp³-hybridized carbons (Fsp3) is 0.417. The lowest BCUT2D eigenvalue weighted by atomic mass is 10.1. The highest BCUT2D eigenvalue weighted by Gasteiger charge is 2.04. The van der Waals surface area contributed by atoms with E-state index in [1.165, 1.54) is 57.3 Å². The Balaban J connectivity index is 1.48. The van der Waals surface area contributed by atoms with Crippen LogP contribution < -0.4 is 4.74 Å². The summed E-state index contributed by atoms with van der Waals surface area (Å²) in [4.78, 5) is 8.35. The standard InChI is InChI=1S/C24H30N2O2/c1-2-3-4-5-6-7-8-9-14-28-23-13-12-19-15-21(11-10-20(19)16-23)24-25-17-22(27)18-26-24/h10-13,15-18,27H,2-9,14H2,1H3. The zero-order valence-electron chi connectivity index (χ0n) is 16.7. The quantitative estimate of drug-likeness (QED) is 0.386. The highest BCUT2D eigenvalue weighted by Crippen LogP contribution is 2.26. The van der Waals surface area contributed by atoms with Crippen LogP contribution in [-0.4, -0.2) is 21.7 Å². The van der Waals surface area contributed by atoms with Crippen LogP contribution in [0.4, 0.5) is 0 Å². The molecule has 0 atom stereocenters. The van der Waals surface area contributed by atoms with Crippen molar-refractivity contribution in [1.82, 2.24) is 9.97 Å². The molecule has 1 N–H and O–H groups in total. The SMILES string of the molecule is CCCCCCCCCCOc1ccc2cc(-c3ncc(O)cn3)ccc2c1. The maximum atomic E-state index is 9.33. The van der Waals surface area contributed by atoms with Crippen LogP contribution >= 0.6 is 0 Å². The Kier molecular flexibility index (Phi) is 7.65. The van der Waals surface area contributed by atoms with E-state index < -0.39 is 0 Å². The molecule has 0 amide bonds. The van der Waals surface area contributed by atoms with E-state index in [2.05, 4.69) is 41.2 Å². The Hall–Kier alpha value is -2.62. The largest absolute Gasteiger partial charge is 0.505 e. The molecule has 2 aromatic carbocycles. The smallest absolute Gasteiger partial charge is 0.159 e. The van der Waals surface area contributed by atoms with E-state index in [4.69, 9.17) is 4.74 Å². The summed E-state index contributed by atoms with van der Waals surface area (Å²) in [7, 11) is 0. The molecule has 0 radical (unpaired) electrons. The maximum Gasteiger partial charge on any atom is 0.159 e. The van der Waals surface area contributed by atoms with Gasteiger partial charge in [-0.05, 0) is 35.4 Å². The van der Waals surface area contributed by atoms with Gasteiger partial charge in [0.05, 0.1) is 19.0 Å². The van der Waals surface area contributed by atoms with Gasteiger partial charge >= 0.3 is 0 Å². The molecule has 4 heteroatoms. The predicted molar refractivity (Wildman–Crippen MR) is 115 cm³/mol. The lowest BCUT2D eigenvalue weighted by molar-refractivity contribution is 0.304. The third-order valence-corrected chi connectivity index (χ3v) is 4.97. The Morgan fingerprint density at radius 1 is 0.786 bits per heavy atom. The van der Waals surface area contributed by atoms with Gasteiger partial charge in [-0.25, -0.2) is 9.97 Å². The van der Waals surface area contributed by atoms with Crippen molar-refractivity contribution < 1.29 is 9.84 Å². The molecule has 0 spiro atoms. The van der Waals surface area contributed by atoms with Crippen molar-refractivity contribution in [3.63, 3.8) is 0 Å². The highest BCUT2D eigenvalue weighted by molar-refractivity contribution is 5.87. The van der Waals surface area contributed by atoms with Gasteiger partial charge in [0.2, 0.25) is 0 Å². The minimum Gasteiger partial charge on any atom is -0.505 e. The van der Waals surface area contributed by atoms with Crippen molar-refractivity contribution >= 4 is 10.8 Å². The summed E-state index contributed by atoms with van der Waals surface area (Å²) in [5.41, 5.74) is 0.931. The number of aromatic hydroxyl groups is 1. The molecule has 1 heterocycles. The van der Waals surface area contributed by atoms with Crippen LogP contribution in [0, 0.1) is 0 Å². The molecule has 0 saturated carbocycles. The molecule has 0 fully saturated rings. The second-order valence-electron chi connectivity index (χ2n) is 7.31. The Morgan fingerprint density at radius 2 is 1.43 bits per heavy atom. The summed E-state index contributed by atoms with van der Waals surface area (Å²) in [5, 5.41) is 11.6. The first-order chi connectivity index (χ1) is 13.8. The Labute approximate surface area is 167 Å². The highest BCUT2D eigenvalue weighted by atomic mass is 16.5. The van der Waals surface area contributed by atoms with Gasteiger partial charge in [-0.2, -0.15) is 0 Å². The zero-order chi connectivity index (χ0) is 19.6. The summed E-state index contributed by atoms with van der Waals surface area (Å²) in [5.74, 6) is 1.60. The second kappa shape index (κ2) is 10.6. The lowest BCUT2D eigenvalue weighted by Crippen LogP contribution is -1.97. The van der Waals surface area contributed by atoms with Crippen molar-refractivity contribution in [2.45, 2.75) is 58.3 Å². The topological polar surface area (TPSA) is 55.2 Å². The molecule has 148 valence electrons. The molecule has 0 aliphatic rings. The molecule has 0 aliphatic heterocycles.